The lowest BCUT2D eigenvalue weighted by atomic mass is 10.3. The van der Waals surface area contributed by atoms with E-state index < -0.39 is 0 Å². The molecule has 78 valence electrons. The fourth-order valence-electron chi connectivity index (χ4n) is 1.06. The normalized spacial score (nSPS) is 10.3. The first-order valence-corrected chi connectivity index (χ1v) is 5.84. The molecule has 0 fully saturated rings. The van der Waals surface area contributed by atoms with Gasteiger partial charge in [-0.3, -0.25) is 0 Å². The van der Waals surface area contributed by atoms with Crippen molar-refractivity contribution in [2.45, 2.75) is 6.61 Å². The fraction of sp³-hybridized carbons (Fsp3) is 0.100. The highest BCUT2D eigenvalue weighted by Crippen LogP contribution is 2.21. The zero-order valence-electron chi connectivity index (χ0n) is 7.61. The van der Waals surface area contributed by atoms with Gasteiger partial charge < -0.3 is 4.74 Å². The van der Waals surface area contributed by atoms with Gasteiger partial charge in [0.15, 0.2) is 15.5 Å². The molecule has 0 radical (unpaired) electrons. The second-order valence-corrected chi connectivity index (χ2v) is 5.19. The van der Waals surface area contributed by atoms with Gasteiger partial charge in [0.2, 0.25) is 0 Å². The highest BCUT2D eigenvalue weighted by atomic mass is 79.9. The van der Waals surface area contributed by atoms with E-state index in [2.05, 4.69) is 20.9 Å². The van der Waals surface area contributed by atoms with Crippen LogP contribution in [0.2, 0.25) is 0 Å². The molecule has 2 nitrogen and oxygen atoms in total. The van der Waals surface area contributed by atoms with E-state index in [1.54, 1.807) is 24.4 Å². The van der Waals surface area contributed by atoms with E-state index >= 15 is 0 Å². The van der Waals surface area contributed by atoms with Gasteiger partial charge in [0.25, 0.3) is 0 Å². The molecule has 0 aliphatic rings. The van der Waals surface area contributed by atoms with Crippen LogP contribution in [0.15, 0.2) is 34.4 Å². The summed E-state index contributed by atoms with van der Waals surface area (Å²) in [6.45, 7) is 0.337. The van der Waals surface area contributed by atoms with Crippen LogP contribution in [0.4, 0.5) is 4.39 Å². The van der Waals surface area contributed by atoms with Crippen molar-refractivity contribution in [3.63, 3.8) is 0 Å². The minimum Gasteiger partial charge on any atom is -0.485 e. The first kappa shape index (κ1) is 10.6. The van der Waals surface area contributed by atoms with Gasteiger partial charge in [-0.1, -0.05) is 12.1 Å². The molecule has 15 heavy (non-hydrogen) atoms. The average Bonchev–Trinajstić information content (AvgIpc) is 2.63. The van der Waals surface area contributed by atoms with Crippen molar-refractivity contribution in [1.29, 1.82) is 0 Å². The van der Waals surface area contributed by atoms with Crippen molar-refractivity contribution in [3.8, 4) is 5.75 Å². The van der Waals surface area contributed by atoms with Crippen molar-refractivity contribution in [1.82, 2.24) is 4.98 Å². The summed E-state index contributed by atoms with van der Waals surface area (Å²) < 4.78 is 19.3. The zero-order chi connectivity index (χ0) is 10.7. The number of hydrogen-bond donors (Lipinski definition) is 0. The minimum absolute atomic E-state index is 0.266. The summed E-state index contributed by atoms with van der Waals surface area (Å²) >= 11 is 4.72. The molecule has 0 N–H and O–H groups in total. The van der Waals surface area contributed by atoms with Gasteiger partial charge in [-0.05, 0) is 28.1 Å². The third-order valence-corrected chi connectivity index (χ3v) is 3.18. The Labute approximate surface area is 98.9 Å². The van der Waals surface area contributed by atoms with E-state index in [9.17, 15) is 4.39 Å². The molecule has 0 spiro atoms. The Morgan fingerprint density at radius 2 is 2.20 bits per heavy atom. The van der Waals surface area contributed by atoms with Crippen LogP contribution < -0.4 is 4.74 Å². The second kappa shape index (κ2) is 4.72. The Balaban J connectivity index is 2.02. The number of rotatable bonds is 3. The lowest BCUT2D eigenvalue weighted by Crippen LogP contribution is -1.94. The van der Waals surface area contributed by atoms with Crippen LogP contribution in [0.1, 0.15) is 4.88 Å². The quantitative estimate of drug-likeness (QED) is 0.860. The summed E-state index contributed by atoms with van der Waals surface area (Å²) in [7, 11) is 0. The minimum atomic E-state index is -0.346. The Hall–Kier alpha value is -0.940. The number of para-hydroxylation sites is 1. The van der Waals surface area contributed by atoms with E-state index in [-0.39, 0.29) is 11.6 Å². The molecule has 0 bridgehead atoms. The van der Waals surface area contributed by atoms with Crippen molar-refractivity contribution < 1.29 is 9.13 Å². The molecule has 0 amide bonds. The van der Waals surface area contributed by atoms with Gasteiger partial charge in [0, 0.05) is 6.20 Å². The number of hydrogen-bond acceptors (Lipinski definition) is 3. The van der Waals surface area contributed by atoms with Crippen LogP contribution in [-0.2, 0) is 6.61 Å². The molecule has 0 saturated heterocycles. The number of thiazole rings is 1. The number of halogens is 2. The van der Waals surface area contributed by atoms with Crippen LogP contribution in [0, 0.1) is 5.82 Å². The highest BCUT2D eigenvalue weighted by Gasteiger charge is 2.03. The van der Waals surface area contributed by atoms with Gasteiger partial charge in [0.05, 0.1) is 4.88 Å². The lowest BCUT2D eigenvalue weighted by Gasteiger charge is -2.04. The standard InChI is InChI=1S/C10H7BrFNOS/c11-10-13-5-7(15-10)6-14-9-4-2-1-3-8(9)12/h1-5H,6H2. The molecule has 0 aliphatic carbocycles. The molecular weight excluding hydrogens is 281 g/mol. The summed E-state index contributed by atoms with van der Waals surface area (Å²) in [6.07, 6.45) is 1.70. The average molecular weight is 288 g/mol. The topological polar surface area (TPSA) is 22.1 Å². The van der Waals surface area contributed by atoms with Gasteiger partial charge in [0.1, 0.15) is 6.61 Å². The third kappa shape index (κ3) is 2.76. The molecule has 2 aromatic rings. The number of ether oxygens (including phenoxy) is 1. The predicted molar refractivity (Wildman–Crippen MR) is 60.5 cm³/mol. The van der Waals surface area contributed by atoms with E-state index in [0.717, 1.165) is 8.79 Å². The zero-order valence-corrected chi connectivity index (χ0v) is 10.0. The molecule has 1 heterocycles. The van der Waals surface area contributed by atoms with E-state index in [1.165, 1.54) is 17.4 Å². The molecule has 1 aromatic carbocycles. The molecule has 0 atom stereocenters. The van der Waals surface area contributed by atoms with Gasteiger partial charge in [-0.15, -0.1) is 11.3 Å². The Morgan fingerprint density at radius 1 is 1.40 bits per heavy atom. The largest absolute Gasteiger partial charge is 0.485 e. The first-order chi connectivity index (χ1) is 7.25. The Morgan fingerprint density at radius 3 is 2.87 bits per heavy atom. The summed E-state index contributed by atoms with van der Waals surface area (Å²) in [5.74, 6) is -0.0805. The van der Waals surface area contributed by atoms with Gasteiger partial charge in [-0.2, -0.15) is 0 Å². The van der Waals surface area contributed by atoms with Crippen LogP contribution in [0.5, 0.6) is 5.75 Å². The van der Waals surface area contributed by atoms with Gasteiger partial charge in [-0.25, -0.2) is 9.37 Å². The van der Waals surface area contributed by atoms with Crippen molar-refractivity contribution in [3.05, 3.63) is 45.1 Å². The summed E-state index contributed by atoms with van der Waals surface area (Å²) in [5, 5.41) is 0. The SMILES string of the molecule is Fc1ccccc1OCc1cnc(Br)s1. The monoisotopic (exact) mass is 287 g/mol. The lowest BCUT2D eigenvalue weighted by molar-refractivity contribution is 0.293. The first-order valence-electron chi connectivity index (χ1n) is 4.23. The van der Waals surface area contributed by atoms with E-state index in [0.29, 0.717) is 6.61 Å². The molecule has 0 aliphatic heterocycles. The van der Waals surface area contributed by atoms with Crippen LogP contribution in [-0.4, -0.2) is 4.98 Å². The second-order valence-electron chi connectivity index (χ2n) is 2.80. The maximum atomic E-state index is 13.2. The van der Waals surface area contributed by atoms with Crippen LogP contribution in [0.25, 0.3) is 0 Å². The fourth-order valence-corrected chi connectivity index (χ4v) is 2.33. The third-order valence-electron chi connectivity index (χ3n) is 1.73. The van der Waals surface area contributed by atoms with Crippen molar-refractivity contribution >= 4 is 27.3 Å². The molecule has 0 unspecified atom stereocenters. The smallest absolute Gasteiger partial charge is 0.165 e. The molecule has 0 saturated carbocycles. The van der Waals surface area contributed by atoms with Crippen LogP contribution >= 0.6 is 27.3 Å². The van der Waals surface area contributed by atoms with Crippen molar-refractivity contribution in [2.75, 3.05) is 0 Å². The maximum absolute atomic E-state index is 13.2. The molecule has 2 rings (SSSR count). The molecular formula is C10H7BrFNOS. The maximum Gasteiger partial charge on any atom is 0.165 e. The Kier molecular flexibility index (Phi) is 3.33. The summed E-state index contributed by atoms with van der Waals surface area (Å²) in [4.78, 5) is 4.96. The number of nitrogens with zero attached hydrogens (tertiary/aromatic N) is 1. The van der Waals surface area contributed by atoms with Crippen LogP contribution in [0.3, 0.4) is 0 Å². The highest BCUT2D eigenvalue weighted by molar-refractivity contribution is 9.11. The van der Waals surface area contributed by atoms with E-state index in [1.807, 2.05) is 0 Å². The Bertz CT molecular complexity index is 460. The predicted octanol–water partition coefficient (Wildman–Crippen LogP) is 3.62. The van der Waals surface area contributed by atoms with Crippen molar-refractivity contribution in [2.24, 2.45) is 0 Å². The molecule has 1 aromatic heterocycles. The van der Waals surface area contributed by atoms with Gasteiger partial charge >= 0.3 is 0 Å². The van der Waals surface area contributed by atoms with E-state index in [4.69, 9.17) is 4.74 Å². The summed E-state index contributed by atoms with van der Waals surface area (Å²) in [6, 6.07) is 6.34. The number of benzene rings is 1. The number of aromatic nitrogens is 1. The molecule has 5 heteroatoms. The summed E-state index contributed by atoms with van der Waals surface area (Å²) in [5.41, 5.74) is 0.